The Bertz CT molecular complexity index is 533. The zero-order valence-corrected chi connectivity index (χ0v) is 11.2. The molecule has 0 bridgehead atoms. The Balaban J connectivity index is 1.82. The van der Waals surface area contributed by atoms with E-state index < -0.39 is 0 Å². The Hall–Kier alpha value is -1.64. The molecule has 2 aromatic rings. The highest BCUT2D eigenvalue weighted by Crippen LogP contribution is 2.46. The van der Waals surface area contributed by atoms with Crippen LogP contribution < -0.4 is 11.3 Å². The Kier molecular flexibility index (Phi) is 3.36. The lowest BCUT2D eigenvalue weighted by Gasteiger charge is -2.16. The molecule has 0 aromatic heterocycles. The molecule has 0 spiro atoms. The number of nitrogens with two attached hydrogens (primary N) is 1. The van der Waals surface area contributed by atoms with E-state index in [0.29, 0.717) is 12.0 Å². The van der Waals surface area contributed by atoms with Gasteiger partial charge < -0.3 is 0 Å². The van der Waals surface area contributed by atoms with Gasteiger partial charge in [-0.05, 0) is 34.9 Å². The first-order valence-corrected chi connectivity index (χ1v) is 6.91. The molecule has 1 aliphatic carbocycles. The molecule has 2 nitrogen and oxygen atoms in total. The van der Waals surface area contributed by atoms with E-state index in [2.05, 4.69) is 60.9 Å². The Labute approximate surface area is 114 Å². The van der Waals surface area contributed by atoms with Crippen LogP contribution in [0.15, 0.2) is 54.6 Å². The van der Waals surface area contributed by atoms with Gasteiger partial charge in [-0.1, -0.05) is 61.5 Å². The minimum Gasteiger partial charge on any atom is -0.271 e. The van der Waals surface area contributed by atoms with Gasteiger partial charge >= 0.3 is 0 Å². The third-order valence-electron chi connectivity index (χ3n) is 4.16. The van der Waals surface area contributed by atoms with Crippen LogP contribution in [-0.4, -0.2) is 0 Å². The van der Waals surface area contributed by atoms with Crippen molar-refractivity contribution >= 4 is 0 Å². The lowest BCUT2D eigenvalue weighted by molar-refractivity contribution is 0.476. The van der Waals surface area contributed by atoms with Crippen LogP contribution in [-0.2, 0) is 0 Å². The molecular formula is C17H20N2. The van der Waals surface area contributed by atoms with Crippen molar-refractivity contribution in [3.05, 3.63) is 60.2 Å². The van der Waals surface area contributed by atoms with Gasteiger partial charge in [0.1, 0.15) is 0 Å². The SMILES string of the molecule is CC1CC1C(NN)c1ccc(-c2ccccc2)cc1. The molecule has 3 atom stereocenters. The smallest absolute Gasteiger partial charge is 0.0490 e. The molecule has 1 fully saturated rings. The average Bonchev–Trinajstić information content (AvgIpc) is 3.18. The Morgan fingerprint density at radius 2 is 1.58 bits per heavy atom. The molecular weight excluding hydrogens is 232 g/mol. The Morgan fingerprint density at radius 3 is 2.11 bits per heavy atom. The first-order chi connectivity index (χ1) is 9.29. The Morgan fingerprint density at radius 1 is 1.00 bits per heavy atom. The van der Waals surface area contributed by atoms with Gasteiger partial charge in [0, 0.05) is 6.04 Å². The fourth-order valence-corrected chi connectivity index (χ4v) is 2.80. The third-order valence-corrected chi connectivity index (χ3v) is 4.16. The second-order valence-corrected chi connectivity index (χ2v) is 5.51. The molecule has 1 saturated carbocycles. The maximum atomic E-state index is 5.71. The molecule has 0 saturated heterocycles. The summed E-state index contributed by atoms with van der Waals surface area (Å²) in [4.78, 5) is 0. The monoisotopic (exact) mass is 252 g/mol. The second-order valence-electron chi connectivity index (χ2n) is 5.51. The topological polar surface area (TPSA) is 38.0 Å². The van der Waals surface area contributed by atoms with Crippen molar-refractivity contribution in [2.24, 2.45) is 17.7 Å². The van der Waals surface area contributed by atoms with Gasteiger partial charge in [-0.25, -0.2) is 0 Å². The van der Waals surface area contributed by atoms with Crippen molar-refractivity contribution in [2.45, 2.75) is 19.4 Å². The van der Waals surface area contributed by atoms with Gasteiger partial charge in [-0.2, -0.15) is 0 Å². The molecule has 2 heteroatoms. The fourth-order valence-electron chi connectivity index (χ4n) is 2.80. The molecule has 3 unspecified atom stereocenters. The summed E-state index contributed by atoms with van der Waals surface area (Å²) >= 11 is 0. The zero-order chi connectivity index (χ0) is 13.2. The van der Waals surface area contributed by atoms with E-state index in [1.165, 1.54) is 23.1 Å². The van der Waals surface area contributed by atoms with Gasteiger partial charge in [0.05, 0.1) is 0 Å². The standard InChI is InChI=1S/C17H20N2/c1-12-11-16(12)17(19-18)15-9-7-14(8-10-15)13-5-3-2-4-6-13/h2-10,12,16-17,19H,11,18H2,1H3. The summed E-state index contributed by atoms with van der Waals surface area (Å²) in [6.07, 6.45) is 1.27. The second kappa shape index (κ2) is 5.16. The first-order valence-electron chi connectivity index (χ1n) is 6.91. The van der Waals surface area contributed by atoms with E-state index in [0.717, 1.165) is 5.92 Å². The van der Waals surface area contributed by atoms with Gasteiger partial charge in [0.25, 0.3) is 0 Å². The highest BCUT2D eigenvalue weighted by Gasteiger charge is 2.39. The summed E-state index contributed by atoms with van der Waals surface area (Å²) in [6, 6.07) is 19.5. The van der Waals surface area contributed by atoms with Crippen LogP contribution in [0.4, 0.5) is 0 Å². The predicted octanol–water partition coefficient (Wildman–Crippen LogP) is 3.51. The molecule has 3 N–H and O–H groups in total. The van der Waals surface area contributed by atoms with E-state index in [4.69, 9.17) is 5.84 Å². The lowest BCUT2D eigenvalue weighted by atomic mass is 9.98. The molecule has 98 valence electrons. The van der Waals surface area contributed by atoms with Gasteiger partial charge in [0.15, 0.2) is 0 Å². The maximum Gasteiger partial charge on any atom is 0.0490 e. The van der Waals surface area contributed by atoms with Crippen LogP contribution >= 0.6 is 0 Å². The van der Waals surface area contributed by atoms with Crippen molar-refractivity contribution < 1.29 is 0 Å². The number of hydrazine groups is 1. The molecule has 19 heavy (non-hydrogen) atoms. The van der Waals surface area contributed by atoms with Crippen LogP contribution in [0.2, 0.25) is 0 Å². The predicted molar refractivity (Wildman–Crippen MR) is 79.2 cm³/mol. The lowest BCUT2D eigenvalue weighted by Crippen LogP contribution is -2.29. The van der Waals surface area contributed by atoms with Crippen molar-refractivity contribution in [1.29, 1.82) is 0 Å². The molecule has 0 aliphatic heterocycles. The van der Waals surface area contributed by atoms with Crippen molar-refractivity contribution in [3.63, 3.8) is 0 Å². The van der Waals surface area contributed by atoms with Crippen LogP contribution in [0.5, 0.6) is 0 Å². The molecule has 2 aromatic carbocycles. The summed E-state index contributed by atoms with van der Waals surface area (Å²) in [5.74, 6) is 7.18. The summed E-state index contributed by atoms with van der Waals surface area (Å²) in [7, 11) is 0. The minimum atomic E-state index is 0.292. The highest BCUT2D eigenvalue weighted by molar-refractivity contribution is 5.63. The normalized spacial score (nSPS) is 23.1. The summed E-state index contributed by atoms with van der Waals surface area (Å²) in [6.45, 7) is 2.29. The van der Waals surface area contributed by atoms with Crippen molar-refractivity contribution in [1.82, 2.24) is 5.43 Å². The minimum absolute atomic E-state index is 0.292. The van der Waals surface area contributed by atoms with Gasteiger partial charge in [-0.15, -0.1) is 0 Å². The van der Waals surface area contributed by atoms with Gasteiger partial charge in [0.2, 0.25) is 0 Å². The molecule has 1 aliphatic rings. The van der Waals surface area contributed by atoms with Crippen LogP contribution in [0.1, 0.15) is 24.9 Å². The zero-order valence-electron chi connectivity index (χ0n) is 11.2. The van der Waals surface area contributed by atoms with E-state index in [-0.39, 0.29) is 0 Å². The largest absolute Gasteiger partial charge is 0.271 e. The summed E-state index contributed by atoms with van der Waals surface area (Å²) < 4.78 is 0. The first kappa shape index (κ1) is 12.4. The number of benzene rings is 2. The van der Waals surface area contributed by atoms with E-state index in [9.17, 15) is 0 Å². The highest BCUT2D eigenvalue weighted by atomic mass is 15.2. The quantitative estimate of drug-likeness (QED) is 0.645. The van der Waals surface area contributed by atoms with E-state index in [1.54, 1.807) is 0 Å². The van der Waals surface area contributed by atoms with E-state index >= 15 is 0 Å². The fraction of sp³-hybridized carbons (Fsp3) is 0.294. The van der Waals surface area contributed by atoms with Crippen molar-refractivity contribution in [2.75, 3.05) is 0 Å². The number of nitrogens with one attached hydrogen (secondary N) is 1. The summed E-state index contributed by atoms with van der Waals surface area (Å²) in [5.41, 5.74) is 6.77. The molecule has 0 heterocycles. The summed E-state index contributed by atoms with van der Waals surface area (Å²) in [5, 5.41) is 0. The van der Waals surface area contributed by atoms with Crippen molar-refractivity contribution in [3.8, 4) is 11.1 Å². The number of rotatable bonds is 4. The van der Waals surface area contributed by atoms with E-state index in [1.807, 2.05) is 6.07 Å². The van der Waals surface area contributed by atoms with Crippen LogP contribution in [0.25, 0.3) is 11.1 Å². The van der Waals surface area contributed by atoms with Crippen LogP contribution in [0, 0.1) is 11.8 Å². The molecule has 0 amide bonds. The van der Waals surface area contributed by atoms with Gasteiger partial charge in [-0.3, -0.25) is 11.3 Å². The average molecular weight is 252 g/mol. The number of hydrogen-bond acceptors (Lipinski definition) is 2. The number of hydrogen-bond donors (Lipinski definition) is 2. The molecule has 3 rings (SSSR count). The van der Waals surface area contributed by atoms with Crippen LogP contribution in [0.3, 0.4) is 0 Å². The third kappa shape index (κ3) is 2.55. The maximum absolute atomic E-state index is 5.71. The molecule has 0 radical (unpaired) electrons.